The summed E-state index contributed by atoms with van der Waals surface area (Å²) in [6.45, 7) is 0.490. The molecule has 0 fully saturated rings. The predicted molar refractivity (Wildman–Crippen MR) is 93.0 cm³/mol. The summed E-state index contributed by atoms with van der Waals surface area (Å²) < 4.78 is 13.2. The fraction of sp³-hybridized carbons (Fsp3) is 0.0556. The normalized spacial score (nSPS) is 10.9. The number of fused-ring (bicyclic) bond motifs is 1. The van der Waals surface area contributed by atoms with Gasteiger partial charge in [0.25, 0.3) is 0 Å². The Bertz CT molecular complexity index is 1000. The van der Waals surface area contributed by atoms with E-state index in [1.807, 2.05) is 30.5 Å². The highest BCUT2D eigenvalue weighted by Crippen LogP contribution is 2.26. The lowest BCUT2D eigenvalue weighted by molar-refractivity contribution is 0.626. The van der Waals surface area contributed by atoms with Crippen LogP contribution in [0.2, 0.25) is 0 Å². The Hall–Kier alpha value is -3.28. The quantitative estimate of drug-likeness (QED) is 0.596. The molecule has 0 saturated heterocycles. The van der Waals surface area contributed by atoms with Gasteiger partial charge in [0.05, 0.1) is 5.69 Å². The number of pyridine rings is 1. The predicted octanol–water partition coefficient (Wildman–Crippen LogP) is 4.02. The number of H-pyrrole nitrogens is 1. The van der Waals surface area contributed by atoms with Crippen LogP contribution < -0.4 is 5.32 Å². The molecule has 0 amide bonds. The van der Waals surface area contributed by atoms with Crippen molar-refractivity contribution >= 4 is 16.9 Å². The van der Waals surface area contributed by atoms with Gasteiger partial charge in [0.2, 0.25) is 0 Å². The molecule has 0 radical (unpaired) electrons. The number of aromatic amines is 1. The van der Waals surface area contributed by atoms with Crippen molar-refractivity contribution in [3.63, 3.8) is 0 Å². The molecule has 0 aliphatic carbocycles. The van der Waals surface area contributed by atoms with Gasteiger partial charge >= 0.3 is 0 Å². The summed E-state index contributed by atoms with van der Waals surface area (Å²) in [5.41, 5.74) is 3.44. The first kappa shape index (κ1) is 14.3. The summed E-state index contributed by atoms with van der Waals surface area (Å²) >= 11 is 0. The minimum atomic E-state index is -0.246. The maximum absolute atomic E-state index is 13.2. The highest BCUT2D eigenvalue weighted by atomic mass is 19.1. The Morgan fingerprint density at radius 1 is 1.08 bits per heavy atom. The van der Waals surface area contributed by atoms with Crippen molar-refractivity contribution < 1.29 is 5.82 Å². The van der Waals surface area contributed by atoms with Crippen LogP contribution in [0, 0.1) is 5.82 Å². The first-order chi connectivity index (χ1) is 11.8. The van der Waals surface area contributed by atoms with E-state index in [-0.39, 0.29) is 7.24 Å². The Morgan fingerprint density at radius 2 is 2.04 bits per heavy atom. The van der Waals surface area contributed by atoms with E-state index in [0.29, 0.717) is 12.4 Å². The molecule has 120 valence electrons. The first-order valence-corrected chi connectivity index (χ1v) is 7.52. The topological polar surface area (TPSA) is 66.5 Å². The van der Waals surface area contributed by atoms with E-state index in [1.54, 1.807) is 12.3 Å². The number of aromatic nitrogens is 4. The molecule has 24 heavy (non-hydrogen) atoms. The van der Waals surface area contributed by atoms with Crippen molar-refractivity contribution in [3.05, 3.63) is 72.6 Å². The van der Waals surface area contributed by atoms with E-state index in [0.717, 1.165) is 27.9 Å². The molecule has 0 unspecified atom stereocenters. The second-order valence-electron chi connectivity index (χ2n) is 5.37. The molecule has 0 atom stereocenters. The van der Waals surface area contributed by atoms with E-state index in [9.17, 15) is 4.39 Å². The molecule has 1 aromatic carbocycles. The number of benzene rings is 1. The number of anilines is 1. The van der Waals surface area contributed by atoms with Gasteiger partial charge in [-0.15, -0.1) is 0 Å². The Morgan fingerprint density at radius 3 is 2.96 bits per heavy atom. The highest BCUT2D eigenvalue weighted by molar-refractivity contribution is 5.92. The highest BCUT2D eigenvalue weighted by Gasteiger charge is 2.08. The summed E-state index contributed by atoms with van der Waals surface area (Å²) in [6, 6.07) is 12.2. The van der Waals surface area contributed by atoms with Gasteiger partial charge in [-0.3, -0.25) is 0 Å². The molecule has 2 N–H and O–H groups in total. The molecule has 0 saturated carbocycles. The van der Waals surface area contributed by atoms with E-state index >= 15 is 0 Å². The zero-order chi connectivity index (χ0) is 16.4. The van der Waals surface area contributed by atoms with E-state index in [1.165, 1.54) is 18.5 Å². The average Bonchev–Trinajstić information content (AvgIpc) is 3.04. The number of halogens is 1. The molecule has 5 nitrogen and oxygen atoms in total. The standard InChI is InChI=1S/C18H14FN5.H2/c19-13-4-1-3-12(7-13)9-21-17-8-16(23-11-24-17)15-10-22-18-14(15)5-2-6-20-18;/h1-8,10-11H,9H2,(H,20,22)(H,21,23,24);1H. The van der Waals surface area contributed by atoms with Gasteiger partial charge in [-0.2, -0.15) is 0 Å². The molecule has 4 rings (SSSR count). The van der Waals surface area contributed by atoms with Crippen molar-refractivity contribution in [1.82, 2.24) is 19.9 Å². The third kappa shape index (κ3) is 2.81. The van der Waals surface area contributed by atoms with Crippen molar-refractivity contribution in [2.45, 2.75) is 6.54 Å². The van der Waals surface area contributed by atoms with Crippen molar-refractivity contribution in [1.29, 1.82) is 0 Å². The lowest BCUT2D eigenvalue weighted by Crippen LogP contribution is -2.02. The molecule has 3 heterocycles. The SMILES string of the molecule is Fc1cccc(CNc2cc(-c3c[nH]c4ncccc34)ncn2)c1.[HH]. The third-order valence-corrected chi connectivity index (χ3v) is 3.76. The van der Waals surface area contributed by atoms with Crippen LogP contribution >= 0.6 is 0 Å². The largest absolute Gasteiger partial charge is 0.366 e. The fourth-order valence-electron chi connectivity index (χ4n) is 2.61. The maximum atomic E-state index is 13.2. The van der Waals surface area contributed by atoms with Crippen LogP contribution in [-0.4, -0.2) is 19.9 Å². The van der Waals surface area contributed by atoms with Crippen LogP contribution in [0.5, 0.6) is 0 Å². The molecular weight excluding hydrogens is 305 g/mol. The van der Waals surface area contributed by atoms with Gasteiger partial charge in [0.15, 0.2) is 0 Å². The zero-order valence-corrected chi connectivity index (χ0v) is 12.7. The van der Waals surface area contributed by atoms with E-state index in [2.05, 4.69) is 25.3 Å². The van der Waals surface area contributed by atoms with Crippen LogP contribution in [0.25, 0.3) is 22.3 Å². The van der Waals surface area contributed by atoms with E-state index in [4.69, 9.17) is 0 Å². The smallest absolute Gasteiger partial charge is 0.137 e. The maximum Gasteiger partial charge on any atom is 0.137 e. The average molecular weight is 321 g/mol. The number of hydrogen-bond donors (Lipinski definition) is 2. The molecule has 4 aromatic rings. The summed E-state index contributed by atoms with van der Waals surface area (Å²) in [4.78, 5) is 16.0. The molecule has 0 aliphatic rings. The van der Waals surface area contributed by atoms with Gasteiger partial charge in [-0.05, 0) is 29.8 Å². The van der Waals surface area contributed by atoms with Gasteiger partial charge in [-0.1, -0.05) is 12.1 Å². The van der Waals surface area contributed by atoms with Crippen molar-refractivity contribution in [3.8, 4) is 11.3 Å². The summed E-state index contributed by atoms with van der Waals surface area (Å²) in [5.74, 6) is 0.437. The van der Waals surface area contributed by atoms with Crippen LogP contribution in [0.1, 0.15) is 6.99 Å². The van der Waals surface area contributed by atoms with Gasteiger partial charge in [-0.25, -0.2) is 19.3 Å². The third-order valence-electron chi connectivity index (χ3n) is 3.76. The number of nitrogens with zero attached hydrogens (tertiary/aromatic N) is 3. The minimum absolute atomic E-state index is 0. The van der Waals surface area contributed by atoms with Gasteiger partial charge in [0, 0.05) is 37.4 Å². The van der Waals surface area contributed by atoms with Crippen LogP contribution in [-0.2, 0) is 6.54 Å². The summed E-state index contributed by atoms with van der Waals surface area (Å²) in [6.07, 6.45) is 5.14. The van der Waals surface area contributed by atoms with Crippen LogP contribution in [0.4, 0.5) is 10.2 Å². The zero-order valence-electron chi connectivity index (χ0n) is 12.7. The molecule has 0 spiro atoms. The second-order valence-corrected chi connectivity index (χ2v) is 5.37. The van der Waals surface area contributed by atoms with Gasteiger partial charge in [0.1, 0.15) is 23.6 Å². The first-order valence-electron chi connectivity index (χ1n) is 7.52. The van der Waals surface area contributed by atoms with Crippen LogP contribution in [0.15, 0.2) is 61.2 Å². The van der Waals surface area contributed by atoms with E-state index < -0.39 is 0 Å². The molecule has 3 aromatic heterocycles. The fourth-order valence-corrected chi connectivity index (χ4v) is 2.61. The van der Waals surface area contributed by atoms with Gasteiger partial charge < -0.3 is 10.3 Å². The monoisotopic (exact) mass is 321 g/mol. The number of hydrogen-bond acceptors (Lipinski definition) is 4. The molecular formula is C18H16FN5. The Kier molecular flexibility index (Phi) is 3.63. The summed E-state index contributed by atoms with van der Waals surface area (Å²) in [5, 5.41) is 4.20. The lowest BCUT2D eigenvalue weighted by Gasteiger charge is -2.07. The Labute approximate surface area is 139 Å². The second kappa shape index (κ2) is 6.08. The number of nitrogens with one attached hydrogen (secondary N) is 2. The minimum Gasteiger partial charge on any atom is -0.366 e. The summed E-state index contributed by atoms with van der Waals surface area (Å²) in [7, 11) is 0. The van der Waals surface area contributed by atoms with Crippen molar-refractivity contribution in [2.75, 3.05) is 5.32 Å². The Balaban J connectivity index is 0.00000182. The lowest BCUT2D eigenvalue weighted by atomic mass is 10.1. The van der Waals surface area contributed by atoms with Crippen molar-refractivity contribution in [2.24, 2.45) is 0 Å². The number of rotatable bonds is 4. The van der Waals surface area contributed by atoms with Crippen LogP contribution in [0.3, 0.4) is 0 Å². The molecule has 0 aliphatic heterocycles. The molecule has 0 bridgehead atoms. The molecule has 6 heteroatoms.